The molecule has 0 aromatic heterocycles. The van der Waals surface area contributed by atoms with E-state index in [4.69, 9.17) is 10.2 Å². The number of nitrogens with one attached hydrogen (secondary N) is 1. The Labute approximate surface area is 113 Å². The lowest BCUT2D eigenvalue weighted by molar-refractivity contribution is -0.139. The van der Waals surface area contributed by atoms with E-state index in [0.717, 1.165) is 19.3 Å². The fourth-order valence-corrected chi connectivity index (χ4v) is 2.50. The summed E-state index contributed by atoms with van der Waals surface area (Å²) in [5.41, 5.74) is 0. The summed E-state index contributed by atoms with van der Waals surface area (Å²) in [5, 5.41) is 20.6. The molecule has 6 heteroatoms. The van der Waals surface area contributed by atoms with Gasteiger partial charge in [-0.2, -0.15) is 0 Å². The minimum Gasteiger partial charge on any atom is -0.480 e. The number of nitrogens with zero attached hydrogens (tertiary/aromatic N) is 1. The van der Waals surface area contributed by atoms with Crippen molar-refractivity contribution in [2.45, 2.75) is 57.5 Å². The van der Waals surface area contributed by atoms with Crippen LogP contribution in [0.2, 0.25) is 0 Å². The zero-order valence-corrected chi connectivity index (χ0v) is 11.5. The summed E-state index contributed by atoms with van der Waals surface area (Å²) in [6.07, 6.45) is 4.54. The summed E-state index contributed by atoms with van der Waals surface area (Å²) in [4.78, 5) is 24.9. The van der Waals surface area contributed by atoms with Crippen LogP contribution in [0.1, 0.15) is 45.4 Å². The van der Waals surface area contributed by atoms with E-state index in [9.17, 15) is 9.59 Å². The molecule has 0 radical (unpaired) electrons. The number of aliphatic hydroxyl groups is 1. The van der Waals surface area contributed by atoms with Crippen molar-refractivity contribution in [2.75, 3.05) is 13.2 Å². The molecule has 0 aromatic carbocycles. The Hall–Kier alpha value is -1.30. The predicted molar refractivity (Wildman–Crippen MR) is 70.9 cm³/mol. The minimum absolute atomic E-state index is 0.0230. The first-order valence-electron chi connectivity index (χ1n) is 7.01. The number of carboxylic acids is 1. The molecule has 0 aliphatic carbocycles. The summed E-state index contributed by atoms with van der Waals surface area (Å²) >= 11 is 0. The topological polar surface area (TPSA) is 89.9 Å². The van der Waals surface area contributed by atoms with E-state index in [2.05, 4.69) is 5.32 Å². The number of piperidine rings is 1. The normalized spacial score (nSPS) is 20.9. The second-order valence-corrected chi connectivity index (χ2v) is 4.98. The Morgan fingerprint density at radius 1 is 1.42 bits per heavy atom. The van der Waals surface area contributed by atoms with Crippen LogP contribution >= 0.6 is 0 Å². The molecule has 2 amide bonds. The van der Waals surface area contributed by atoms with Crippen molar-refractivity contribution in [3.8, 4) is 0 Å². The van der Waals surface area contributed by atoms with E-state index in [-0.39, 0.29) is 18.7 Å². The molecule has 1 fully saturated rings. The third-order valence-corrected chi connectivity index (χ3v) is 3.52. The molecule has 1 rings (SSSR count). The second kappa shape index (κ2) is 7.99. The van der Waals surface area contributed by atoms with E-state index < -0.39 is 12.0 Å². The van der Waals surface area contributed by atoms with Gasteiger partial charge < -0.3 is 20.4 Å². The van der Waals surface area contributed by atoms with Crippen molar-refractivity contribution in [1.29, 1.82) is 0 Å². The number of urea groups is 1. The highest BCUT2D eigenvalue weighted by molar-refractivity contribution is 5.82. The fraction of sp³-hybridized carbons (Fsp3) is 0.846. The first kappa shape index (κ1) is 15.8. The number of amides is 2. The van der Waals surface area contributed by atoms with Crippen LogP contribution < -0.4 is 5.32 Å². The maximum absolute atomic E-state index is 12.1. The van der Waals surface area contributed by atoms with Crippen LogP contribution in [-0.2, 0) is 4.79 Å². The first-order valence-corrected chi connectivity index (χ1v) is 7.01. The number of carbonyl (C=O) groups is 2. The molecule has 0 aromatic rings. The van der Waals surface area contributed by atoms with Crippen LogP contribution in [0.4, 0.5) is 4.79 Å². The van der Waals surface area contributed by atoms with Crippen LogP contribution in [0.3, 0.4) is 0 Å². The van der Waals surface area contributed by atoms with Crippen molar-refractivity contribution < 1.29 is 19.8 Å². The van der Waals surface area contributed by atoms with Gasteiger partial charge in [0.15, 0.2) is 0 Å². The van der Waals surface area contributed by atoms with E-state index in [1.54, 1.807) is 4.90 Å². The van der Waals surface area contributed by atoms with Gasteiger partial charge >= 0.3 is 12.0 Å². The fourth-order valence-electron chi connectivity index (χ4n) is 2.50. The highest BCUT2D eigenvalue weighted by atomic mass is 16.4. The average Bonchev–Trinajstić information content (AvgIpc) is 2.39. The highest BCUT2D eigenvalue weighted by Gasteiger charge is 2.28. The van der Waals surface area contributed by atoms with Crippen LogP contribution in [-0.4, -0.2) is 52.3 Å². The molecule has 1 aliphatic rings. The monoisotopic (exact) mass is 272 g/mol. The maximum atomic E-state index is 12.1. The molecule has 0 spiro atoms. The molecular weight excluding hydrogens is 248 g/mol. The van der Waals surface area contributed by atoms with E-state index in [1.807, 2.05) is 6.92 Å². The third kappa shape index (κ3) is 4.70. The van der Waals surface area contributed by atoms with Gasteiger partial charge in [0.25, 0.3) is 0 Å². The Kier molecular flexibility index (Phi) is 6.62. The molecule has 2 unspecified atom stereocenters. The van der Waals surface area contributed by atoms with Gasteiger partial charge in [-0.05, 0) is 32.1 Å². The van der Waals surface area contributed by atoms with Crippen LogP contribution in [0.15, 0.2) is 0 Å². The van der Waals surface area contributed by atoms with Crippen molar-refractivity contribution >= 4 is 12.0 Å². The molecule has 110 valence electrons. The standard InChI is InChI=1S/C13H24N2O4/c1-2-5-11(12(17)18)14-13(19)15-8-4-3-6-10(15)7-9-16/h10-11,16H,2-9H2,1H3,(H,14,19)(H,17,18). The molecule has 1 saturated heterocycles. The van der Waals surface area contributed by atoms with Crippen LogP contribution in [0.5, 0.6) is 0 Å². The number of carboxylic acid groups (broad SMARTS) is 1. The maximum Gasteiger partial charge on any atom is 0.326 e. The number of rotatable bonds is 6. The summed E-state index contributed by atoms with van der Waals surface area (Å²) < 4.78 is 0. The first-order chi connectivity index (χ1) is 9.10. The van der Waals surface area contributed by atoms with E-state index in [0.29, 0.717) is 25.8 Å². The van der Waals surface area contributed by atoms with Crippen molar-refractivity contribution in [3.05, 3.63) is 0 Å². The number of likely N-dealkylation sites (tertiary alicyclic amines) is 1. The predicted octanol–water partition coefficient (Wildman–Crippen LogP) is 1.19. The van der Waals surface area contributed by atoms with Gasteiger partial charge in [0.2, 0.25) is 0 Å². The SMILES string of the molecule is CCCC(NC(=O)N1CCCCC1CCO)C(=O)O. The van der Waals surface area contributed by atoms with Crippen LogP contribution in [0, 0.1) is 0 Å². The third-order valence-electron chi connectivity index (χ3n) is 3.52. The molecule has 6 nitrogen and oxygen atoms in total. The summed E-state index contributed by atoms with van der Waals surface area (Å²) in [6, 6.07) is -1.12. The van der Waals surface area contributed by atoms with Gasteiger partial charge in [-0.1, -0.05) is 13.3 Å². The lowest BCUT2D eigenvalue weighted by Crippen LogP contribution is -2.53. The molecule has 3 N–H and O–H groups in total. The Bertz CT molecular complexity index is 307. The molecule has 0 saturated carbocycles. The largest absolute Gasteiger partial charge is 0.480 e. The summed E-state index contributed by atoms with van der Waals surface area (Å²) in [7, 11) is 0. The number of hydrogen-bond acceptors (Lipinski definition) is 3. The number of hydrogen-bond donors (Lipinski definition) is 3. The molecule has 1 heterocycles. The van der Waals surface area contributed by atoms with E-state index in [1.165, 1.54) is 0 Å². The second-order valence-electron chi connectivity index (χ2n) is 4.98. The molecule has 2 atom stereocenters. The van der Waals surface area contributed by atoms with Gasteiger partial charge in [0, 0.05) is 19.2 Å². The molecular formula is C13H24N2O4. The number of aliphatic carboxylic acids is 1. The highest BCUT2D eigenvalue weighted by Crippen LogP contribution is 2.19. The quantitative estimate of drug-likeness (QED) is 0.677. The van der Waals surface area contributed by atoms with Gasteiger partial charge in [0.1, 0.15) is 6.04 Å². The van der Waals surface area contributed by atoms with Crippen molar-refractivity contribution in [1.82, 2.24) is 10.2 Å². The Morgan fingerprint density at radius 2 is 2.16 bits per heavy atom. The smallest absolute Gasteiger partial charge is 0.326 e. The Balaban J connectivity index is 2.60. The zero-order chi connectivity index (χ0) is 14.3. The van der Waals surface area contributed by atoms with Gasteiger partial charge in [-0.15, -0.1) is 0 Å². The summed E-state index contributed by atoms with van der Waals surface area (Å²) in [6.45, 7) is 2.57. The minimum atomic E-state index is -0.995. The van der Waals surface area contributed by atoms with E-state index >= 15 is 0 Å². The molecule has 1 aliphatic heterocycles. The number of carbonyl (C=O) groups excluding carboxylic acids is 1. The zero-order valence-electron chi connectivity index (χ0n) is 11.5. The lowest BCUT2D eigenvalue weighted by atomic mass is 10.00. The molecule has 19 heavy (non-hydrogen) atoms. The number of aliphatic hydroxyl groups excluding tert-OH is 1. The molecule has 0 bridgehead atoms. The van der Waals surface area contributed by atoms with Gasteiger partial charge in [-0.25, -0.2) is 9.59 Å². The van der Waals surface area contributed by atoms with Gasteiger partial charge in [0.05, 0.1) is 0 Å². The van der Waals surface area contributed by atoms with Gasteiger partial charge in [-0.3, -0.25) is 0 Å². The van der Waals surface area contributed by atoms with Crippen molar-refractivity contribution in [2.24, 2.45) is 0 Å². The van der Waals surface area contributed by atoms with Crippen LogP contribution in [0.25, 0.3) is 0 Å². The Morgan fingerprint density at radius 3 is 2.74 bits per heavy atom. The average molecular weight is 272 g/mol. The summed E-state index contributed by atoms with van der Waals surface area (Å²) in [5.74, 6) is -0.995. The lowest BCUT2D eigenvalue weighted by Gasteiger charge is -2.36. The van der Waals surface area contributed by atoms with Crippen molar-refractivity contribution in [3.63, 3.8) is 0 Å².